The molecule has 10 heteroatoms. The first-order chi connectivity index (χ1) is 14.6. The number of carbonyl (C=O) groups is 1. The number of rotatable bonds is 6. The normalized spacial score (nSPS) is 12.8. The van der Waals surface area contributed by atoms with Gasteiger partial charge in [0.25, 0.3) is 15.9 Å². The minimum absolute atomic E-state index is 0.195. The molecule has 0 bridgehead atoms. The topological polar surface area (TPSA) is 88.2 Å². The van der Waals surface area contributed by atoms with Crippen molar-refractivity contribution in [3.05, 3.63) is 89.7 Å². The van der Waals surface area contributed by atoms with Gasteiger partial charge in [-0.2, -0.15) is 13.2 Å². The number of hydrogen-bond donors (Lipinski definition) is 2. The van der Waals surface area contributed by atoms with Crippen LogP contribution in [0.1, 0.15) is 34.6 Å². The van der Waals surface area contributed by atoms with Gasteiger partial charge < -0.3 is 5.32 Å². The van der Waals surface area contributed by atoms with Crippen LogP contribution in [0, 0.1) is 0 Å². The number of amides is 1. The molecule has 3 aromatic rings. The maximum Gasteiger partial charge on any atom is 0.416 e. The molecule has 0 saturated heterocycles. The molecule has 0 aliphatic rings. The van der Waals surface area contributed by atoms with Gasteiger partial charge in [-0.05, 0) is 61.5 Å². The molecule has 3 rings (SSSR count). The summed E-state index contributed by atoms with van der Waals surface area (Å²) in [6, 6.07) is 13.9. The molecule has 1 heterocycles. The summed E-state index contributed by atoms with van der Waals surface area (Å²) < 4.78 is 65.6. The summed E-state index contributed by atoms with van der Waals surface area (Å²) >= 11 is 0. The molecule has 0 aliphatic heterocycles. The Labute approximate surface area is 177 Å². The number of benzene rings is 2. The molecule has 2 aromatic carbocycles. The molecular formula is C21H18F3N3O3S. The lowest BCUT2D eigenvalue weighted by Gasteiger charge is -2.14. The van der Waals surface area contributed by atoms with Crippen molar-refractivity contribution < 1.29 is 26.4 Å². The van der Waals surface area contributed by atoms with E-state index in [4.69, 9.17) is 0 Å². The van der Waals surface area contributed by atoms with Gasteiger partial charge in [0.2, 0.25) is 0 Å². The first kappa shape index (κ1) is 22.3. The van der Waals surface area contributed by atoms with Gasteiger partial charge in [-0.3, -0.25) is 14.5 Å². The van der Waals surface area contributed by atoms with Crippen molar-refractivity contribution in [2.45, 2.75) is 24.0 Å². The number of nitrogens with one attached hydrogen (secondary N) is 2. The summed E-state index contributed by atoms with van der Waals surface area (Å²) in [5.41, 5.74) is -0.302. The van der Waals surface area contributed by atoms with Crippen LogP contribution in [-0.2, 0) is 16.2 Å². The van der Waals surface area contributed by atoms with E-state index in [9.17, 15) is 26.4 Å². The Morgan fingerprint density at radius 2 is 1.71 bits per heavy atom. The minimum atomic E-state index is -4.59. The van der Waals surface area contributed by atoms with Gasteiger partial charge in [-0.1, -0.05) is 12.1 Å². The average Bonchev–Trinajstić information content (AvgIpc) is 2.73. The molecule has 0 radical (unpaired) electrons. The number of hydrogen-bond acceptors (Lipinski definition) is 4. The summed E-state index contributed by atoms with van der Waals surface area (Å²) in [6.07, 6.45) is -2.99. The fourth-order valence-corrected chi connectivity index (χ4v) is 3.79. The molecule has 0 saturated carbocycles. The highest BCUT2D eigenvalue weighted by Gasteiger charge is 2.30. The number of sulfonamides is 1. The minimum Gasteiger partial charge on any atom is -0.344 e. The summed E-state index contributed by atoms with van der Waals surface area (Å²) in [4.78, 5) is 16.4. The highest BCUT2D eigenvalue weighted by molar-refractivity contribution is 7.92. The zero-order valence-electron chi connectivity index (χ0n) is 16.2. The molecule has 1 unspecified atom stereocenters. The third-order valence-corrected chi connectivity index (χ3v) is 5.75. The third kappa shape index (κ3) is 5.60. The van der Waals surface area contributed by atoms with Gasteiger partial charge in [-0.25, -0.2) is 8.42 Å². The molecule has 2 N–H and O–H groups in total. The second kappa shape index (κ2) is 8.76. The van der Waals surface area contributed by atoms with Gasteiger partial charge in [0.1, 0.15) is 0 Å². The van der Waals surface area contributed by atoms with Crippen molar-refractivity contribution in [1.82, 2.24) is 10.3 Å². The lowest BCUT2D eigenvalue weighted by molar-refractivity contribution is -0.137. The van der Waals surface area contributed by atoms with E-state index in [1.807, 2.05) is 0 Å². The Hall–Kier alpha value is -3.40. The number of pyridine rings is 1. The van der Waals surface area contributed by atoms with Crippen LogP contribution < -0.4 is 10.0 Å². The fraction of sp³-hybridized carbons (Fsp3) is 0.143. The first-order valence-corrected chi connectivity index (χ1v) is 10.6. The Morgan fingerprint density at radius 1 is 1.00 bits per heavy atom. The molecule has 162 valence electrons. The standard InChI is InChI=1S/C21H18F3N3O3S/c1-14(19-7-2-3-12-25-19)26-20(28)15-8-10-18(11-9-15)31(29,30)27-17-6-4-5-16(13-17)21(22,23)24/h2-14,27H,1H3,(H,26,28). The maximum absolute atomic E-state index is 12.8. The smallest absolute Gasteiger partial charge is 0.344 e. The van der Waals surface area contributed by atoms with Crippen LogP contribution in [0.5, 0.6) is 0 Å². The second-order valence-electron chi connectivity index (χ2n) is 6.66. The van der Waals surface area contributed by atoms with Crippen molar-refractivity contribution in [2.75, 3.05) is 4.72 Å². The van der Waals surface area contributed by atoms with Crippen LogP contribution in [-0.4, -0.2) is 19.3 Å². The van der Waals surface area contributed by atoms with Crippen molar-refractivity contribution >= 4 is 21.6 Å². The molecule has 0 spiro atoms. The predicted octanol–water partition coefficient (Wildman–Crippen LogP) is 4.39. The lowest BCUT2D eigenvalue weighted by atomic mass is 10.1. The number of alkyl halides is 3. The number of nitrogens with zero attached hydrogens (tertiary/aromatic N) is 1. The van der Waals surface area contributed by atoms with E-state index in [2.05, 4.69) is 15.0 Å². The number of anilines is 1. The monoisotopic (exact) mass is 449 g/mol. The predicted molar refractivity (Wildman–Crippen MR) is 109 cm³/mol. The van der Waals surface area contributed by atoms with Crippen LogP contribution in [0.3, 0.4) is 0 Å². The van der Waals surface area contributed by atoms with E-state index in [-0.39, 0.29) is 22.2 Å². The van der Waals surface area contributed by atoms with Gasteiger partial charge in [0.15, 0.2) is 0 Å². The zero-order chi connectivity index (χ0) is 22.6. The van der Waals surface area contributed by atoms with Crippen LogP contribution in [0.25, 0.3) is 0 Å². The molecular weight excluding hydrogens is 431 g/mol. The average molecular weight is 449 g/mol. The van der Waals surface area contributed by atoms with Crippen molar-refractivity contribution in [3.8, 4) is 0 Å². The van der Waals surface area contributed by atoms with Gasteiger partial charge in [0, 0.05) is 17.4 Å². The quantitative estimate of drug-likeness (QED) is 0.584. The highest BCUT2D eigenvalue weighted by Crippen LogP contribution is 2.31. The third-order valence-electron chi connectivity index (χ3n) is 4.35. The van der Waals surface area contributed by atoms with Crippen LogP contribution in [0.15, 0.2) is 77.8 Å². The van der Waals surface area contributed by atoms with Crippen molar-refractivity contribution in [2.24, 2.45) is 0 Å². The van der Waals surface area contributed by atoms with E-state index >= 15 is 0 Å². The molecule has 6 nitrogen and oxygen atoms in total. The molecule has 31 heavy (non-hydrogen) atoms. The SMILES string of the molecule is CC(NC(=O)c1ccc(S(=O)(=O)Nc2cccc(C(F)(F)F)c2)cc1)c1ccccn1. The summed E-state index contributed by atoms with van der Waals surface area (Å²) in [5, 5.41) is 2.76. The van der Waals surface area contributed by atoms with Crippen LogP contribution >= 0.6 is 0 Å². The fourth-order valence-electron chi connectivity index (χ4n) is 2.74. The Kier molecular flexibility index (Phi) is 6.30. The van der Waals surface area contributed by atoms with Crippen LogP contribution in [0.4, 0.5) is 18.9 Å². The molecule has 1 amide bonds. The zero-order valence-corrected chi connectivity index (χ0v) is 17.0. The second-order valence-corrected chi connectivity index (χ2v) is 8.34. The van der Waals surface area contributed by atoms with Crippen LogP contribution in [0.2, 0.25) is 0 Å². The molecule has 0 fully saturated rings. The molecule has 1 atom stereocenters. The number of aromatic nitrogens is 1. The summed E-state index contributed by atoms with van der Waals surface area (Å²) in [6.45, 7) is 1.76. The number of carbonyl (C=O) groups excluding carboxylic acids is 1. The maximum atomic E-state index is 12.8. The van der Waals surface area contributed by atoms with Gasteiger partial charge >= 0.3 is 6.18 Å². The summed E-state index contributed by atoms with van der Waals surface area (Å²) in [5.74, 6) is -0.423. The Morgan fingerprint density at radius 3 is 2.32 bits per heavy atom. The first-order valence-electron chi connectivity index (χ1n) is 9.08. The van der Waals surface area contributed by atoms with E-state index in [0.29, 0.717) is 11.8 Å². The largest absolute Gasteiger partial charge is 0.416 e. The highest BCUT2D eigenvalue weighted by atomic mass is 32.2. The van der Waals surface area contributed by atoms with E-state index in [0.717, 1.165) is 12.1 Å². The number of halogens is 3. The van der Waals surface area contributed by atoms with E-state index in [1.165, 1.54) is 30.3 Å². The Balaban J connectivity index is 1.72. The molecule has 1 aromatic heterocycles. The van der Waals surface area contributed by atoms with Gasteiger partial charge in [-0.15, -0.1) is 0 Å². The van der Waals surface area contributed by atoms with Crippen molar-refractivity contribution in [1.29, 1.82) is 0 Å². The lowest BCUT2D eigenvalue weighted by Crippen LogP contribution is -2.27. The van der Waals surface area contributed by atoms with E-state index < -0.39 is 27.7 Å². The Bertz CT molecular complexity index is 1170. The molecule has 0 aliphatic carbocycles. The van der Waals surface area contributed by atoms with Gasteiger partial charge in [0.05, 0.1) is 22.2 Å². The van der Waals surface area contributed by atoms with Crippen molar-refractivity contribution in [3.63, 3.8) is 0 Å². The summed E-state index contributed by atoms with van der Waals surface area (Å²) in [7, 11) is -4.14. The van der Waals surface area contributed by atoms with E-state index in [1.54, 1.807) is 31.3 Å².